The van der Waals surface area contributed by atoms with Crippen molar-refractivity contribution in [2.45, 2.75) is 0 Å². The average Bonchev–Trinajstić information content (AvgIpc) is 2.59. The average molecular weight is 207 g/mol. The molecule has 2 nitrogen and oxygen atoms in total. The Hall–Kier alpha value is -1.22. The first-order valence-electron chi connectivity index (χ1n) is 4.22. The van der Waals surface area contributed by atoms with E-state index in [4.69, 9.17) is 9.47 Å². The van der Waals surface area contributed by atoms with Crippen LogP contribution in [0.5, 0.6) is 11.5 Å². The standard InChI is InChI=1S/C11H11O2S/c1-7-10-8(6-14-7)4-5-9(12-2)11(10)13-3/h4-6H,1H2,2-3H3. The predicted octanol–water partition coefficient (Wildman–Crippen LogP) is 3.10. The maximum Gasteiger partial charge on any atom is 0.169 e. The van der Waals surface area contributed by atoms with Gasteiger partial charge in [0, 0.05) is 10.3 Å². The molecule has 0 N–H and O–H groups in total. The normalized spacial score (nSPS) is 10.5. The van der Waals surface area contributed by atoms with E-state index in [9.17, 15) is 0 Å². The van der Waals surface area contributed by atoms with Gasteiger partial charge in [0.1, 0.15) is 0 Å². The topological polar surface area (TPSA) is 18.5 Å². The molecule has 0 fully saturated rings. The molecule has 1 heterocycles. The Labute approximate surface area is 87.1 Å². The van der Waals surface area contributed by atoms with E-state index in [2.05, 4.69) is 12.3 Å². The third kappa shape index (κ3) is 1.24. The molecule has 1 radical (unpaired) electrons. The summed E-state index contributed by atoms with van der Waals surface area (Å²) in [7, 11) is 3.28. The number of rotatable bonds is 2. The van der Waals surface area contributed by atoms with Crippen LogP contribution in [-0.4, -0.2) is 14.2 Å². The van der Waals surface area contributed by atoms with Gasteiger partial charge in [-0.25, -0.2) is 0 Å². The van der Waals surface area contributed by atoms with E-state index in [1.54, 1.807) is 25.6 Å². The van der Waals surface area contributed by atoms with Crippen LogP contribution >= 0.6 is 11.3 Å². The molecule has 1 aromatic heterocycles. The largest absolute Gasteiger partial charge is 0.493 e. The molecule has 2 rings (SSSR count). The van der Waals surface area contributed by atoms with Gasteiger partial charge in [0.15, 0.2) is 11.5 Å². The molecule has 0 aliphatic carbocycles. The molecule has 1 aromatic carbocycles. The van der Waals surface area contributed by atoms with Gasteiger partial charge in [-0.05, 0) is 29.8 Å². The number of thiophene rings is 1. The van der Waals surface area contributed by atoms with Gasteiger partial charge < -0.3 is 9.47 Å². The SMILES string of the molecule is [CH2]c1scc2ccc(OC)c(OC)c12. The lowest BCUT2D eigenvalue weighted by Crippen LogP contribution is -1.90. The molecular formula is C11H11O2S. The molecule has 2 aromatic rings. The van der Waals surface area contributed by atoms with Crippen molar-refractivity contribution >= 4 is 22.1 Å². The molecule has 0 aliphatic rings. The van der Waals surface area contributed by atoms with Crippen LogP contribution in [0.1, 0.15) is 4.88 Å². The van der Waals surface area contributed by atoms with Gasteiger partial charge in [-0.15, -0.1) is 11.3 Å². The van der Waals surface area contributed by atoms with Gasteiger partial charge in [0.05, 0.1) is 14.2 Å². The maximum atomic E-state index is 5.33. The van der Waals surface area contributed by atoms with Crippen LogP contribution in [-0.2, 0) is 0 Å². The fourth-order valence-electron chi connectivity index (χ4n) is 1.52. The zero-order chi connectivity index (χ0) is 10.1. The van der Waals surface area contributed by atoms with Crippen LogP contribution < -0.4 is 9.47 Å². The maximum absolute atomic E-state index is 5.33. The number of methoxy groups -OCH3 is 2. The first-order valence-corrected chi connectivity index (χ1v) is 5.10. The molecule has 14 heavy (non-hydrogen) atoms. The van der Waals surface area contributed by atoms with E-state index < -0.39 is 0 Å². The molecule has 0 saturated carbocycles. The summed E-state index contributed by atoms with van der Waals surface area (Å²) in [5.41, 5.74) is 0. The lowest BCUT2D eigenvalue weighted by Gasteiger charge is -2.08. The minimum atomic E-state index is 0.753. The van der Waals surface area contributed by atoms with Crippen molar-refractivity contribution in [2.75, 3.05) is 14.2 Å². The quantitative estimate of drug-likeness (QED) is 0.753. The van der Waals surface area contributed by atoms with E-state index in [1.807, 2.05) is 12.1 Å². The summed E-state index contributed by atoms with van der Waals surface area (Å²) in [5.74, 6) is 1.53. The smallest absolute Gasteiger partial charge is 0.169 e. The Morgan fingerprint density at radius 3 is 2.64 bits per heavy atom. The van der Waals surface area contributed by atoms with Gasteiger partial charge in [-0.2, -0.15) is 0 Å². The summed E-state index contributed by atoms with van der Waals surface area (Å²) < 4.78 is 10.6. The number of hydrogen-bond acceptors (Lipinski definition) is 3. The number of benzene rings is 1. The van der Waals surface area contributed by atoms with Crippen molar-refractivity contribution < 1.29 is 9.47 Å². The summed E-state index contributed by atoms with van der Waals surface area (Å²) >= 11 is 1.62. The highest BCUT2D eigenvalue weighted by Crippen LogP contribution is 2.39. The molecule has 0 amide bonds. The summed E-state index contributed by atoms with van der Waals surface area (Å²) in [4.78, 5) is 1.01. The Kier molecular flexibility index (Phi) is 2.33. The van der Waals surface area contributed by atoms with E-state index in [0.29, 0.717) is 0 Å². The van der Waals surface area contributed by atoms with Crippen LogP contribution in [0.15, 0.2) is 17.5 Å². The lowest BCUT2D eigenvalue weighted by molar-refractivity contribution is 0.358. The second kappa shape index (κ2) is 3.50. The number of fused-ring (bicyclic) bond motifs is 1. The van der Waals surface area contributed by atoms with Crippen molar-refractivity contribution in [1.29, 1.82) is 0 Å². The van der Waals surface area contributed by atoms with Crippen molar-refractivity contribution in [1.82, 2.24) is 0 Å². The molecular weight excluding hydrogens is 196 g/mol. The molecule has 0 bridgehead atoms. The first kappa shape index (κ1) is 9.34. The van der Waals surface area contributed by atoms with E-state index >= 15 is 0 Å². The van der Waals surface area contributed by atoms with Gasteiger partial charge in [0.2, 0.25) is 0 Å². The van der Waals surface area contributed by atoms with Crippen LogP contribution in [0.2, 0.25) is 0 Å². The Morgan fingerprint density at radius 2 is 2.00 bits per heavy atom. The summed E-state index contributed by atoms with van der Waals surface area (Å²) in [5, 5.41) is 4.27. The van der Waals surface area contributed by atoms with Crippen LogP contribution in [0.3, 0.4) is 0 Å². The molecule has 0 atom stereocenters. The molecule has 73 valence electrons. The Balaban J connectivity index is 2.81. The summed E-state index contributed by atoms with van der Waals surface area (Å²) in [6.07, 6.45) is 0. The van der Waals surface area contributed by atoms with Crippen LogP contribution in [0.25, 0.3) is 10.8 Å². The third-order valence-corrected chi connectivity index (χ3v) is 3.05. The second-order valence-electron chi connectivity index (χ2n) is 2.92. The fraction of sp³-hybridized carbons (Fsp3) is 0.182. The van der Waals surface area contributed by atoms with Crippen molar-refractivity contribution in [3.05, 3.63) is 29.3 Å². The minimum absolute atomic E-state index is 0.753. The third-order valence-electron chi connectivity index (χ3n) is 2.18. The van der Waals surface area contributed by atoms with Gasteiger partial charge in [-0.1, -0.05) is 0 Å². The zero-order valence-corrected chi connectivity index (χ0v) is 8.98. The van der Waals surface area contributed by atoms with Crippen molar-refractivity contribution in [3.63, 3.8) is 0 Å². The van der Waals surface area contributed by atoms with Crippen LogP contribution in [0.4, 0.5) is 0 Å². The van der Waals surface area contributed by atoms with Crippen LogP contribution in [0, 0.1) is 6.92 Å². The highest BCUT2D eigenvalue weighted by atomic mass is 32.1. The Bertz CT molecular complexity index is 460. The van der Waals surface area contributed by atoms with E-state index in [-0.39, 0.29) is 0 Å². The summed E-state index contributed by atoms with van der Waals surface area (Å²) in [6, 6.07) is 3.93. The zero-order valence-electron chi connectivity index (χ0n) is 8.16. The predicted molar refractivity (Wildman–Crippen MR) is 59.4 cm³/mol. The monoisotopic (exact) mass is 207 g/mol. The van der Waals surface area contributed by atoms with E-state index in [0.717, 1.165) is 27.1 Å². The van der Waals surface area contributed by atoms with Crippen molar-refractivity contribution in [2.24, 2.45) is 0 Å². The Morgan fingerprint density at radius 1 is 1.21 bits per heavy atom. The molecule has 0 saturated heterocycles. The molecule has 0 aliphatic heterocycles. The number of hydrogen-bond donors (Lipinski definition) is 0. The van der Waals surface area contributed by atoms with E-state index in [1.165, 1.54) is 0 Å². The second-order valence-corrected chi connectivity index (χ2v) is 3.89. The minimum Gasteiger partial charge on any atom is -0.493 e. The summed E-state index contributed by atoms with van der Waals surface area (Å²) in [6.45, 7) is 3.98. The molecule has 0 spiro atoms. The molecule has 3 heteroatoms. The van der Waals surface area contributed by atoms with Gasteiger partial charge >= 0.3 is 0 Å². The number of ether oxygens (including phenoxy) is 2. The first-order chi connectivity index (χ1) is 6.77. The molecule has 0 unspecified atom stereocenters. The fourth-order valence-corrected chi connectivity index (χ4v) is 2.32. The highest BCUT2D eigenvalue weighted by molar-refractivity contribution is 7.11. The lowest BCUT2D eigenvalue weighted by atomic mass is 10.1. The highest BCUT2D eigenvalue weighted by Gasteiger charge is 2.11. The van der Waals surface area contributed by atoms with Gasteiger partial charge in [-0.3, -0.25) is 0 Å². The van der Waals surface area contributed by atoms with Crippen molar-refractivity contribution in [3.8, 4) is 11.5 Å². The van der Waals surface area contributed by atoms with Gasteiger partial charge in [0.25, 0.3) is 0 Å².